The van der Waals surface area contributed by atoms with E-state index in [9.17, 15) is 4.79 Å². The zero-order valence-electron chi connectivity index (χ0n) is 11.5. The molecule has 0 bridgehead atoms. The van der Waals surface area contributed by atoms with Crippen LogP contribution < -0.4 is 10.5 Å². The topological polar surface area (TPSA) is 85.0 Å². The summed E-state index contributed by atoms with van der Waals surface area (Å²) in [5.74, 6) is 0.304. The largest absolute Gasteiger partial charge is 0.493 e. The minimum Gasteiger partial charge on any atom is -0.493 e. The molecule has 3 N–H and O–H groups in total. The summed E-state index contributed by atoms with van der Waals surface area (Å²) in [5.41, 5.74) is 6.70. The molecule has 1 amide bonds. The third-order valence-electron chi connectivity index (χ3n) is 3.20. The molecular weight excluding hydrogens is 260 g/mol. The molecule has 6 nitrogen and oxygen atoms in total. The van der Waals surface area contributed by atoms with Crippen LogP contribution in [-0.2, 0) is 4.74 Å². The van der Waals surface area contributed by atoms with Gasteiger partial charge in [0.2, 0.25) is 0 Å². The Labute approximate surface area is 118 Å². The Morgan fingerprint density at radius 1 is 1.60 bits per heavy atom. The number of hydrogen-bond donors (Lipinski definition) is 2. The van der Waals surface area contributed by atoms with Crippen molar-refractivity contribution in [2.45, 2.75) is 13.0 Å². The van der Waals surface area contributed by atoms with E-state index in [1.54, 1.807) is 23.1 Å². The SMILES string of the molecule is CCOc1cccc(N)c1C(=O)N1CCOC(CO)C1. The van der Waals surface area contributed by atoms with Crippen molar-refractivity contribution in [3.05, 3.63) is 23.8 Å². The number of nitrogens with two attached hydrogens (primary N) is 1. The van der Waals surface area contributed by atoms with E-state index in [4.69, 9.17) is 20.3 Å². The fourth-order valence-corrected chi connectivity index (χ4v) is 2.23. The van der Waals surface area contributed by atoms with Crippen LogP contribution in [0.25, 0.3) is 0 Å². The van der Waals surface area contributed by atoms with E-state index in [0.29, 0.717) is 43.3 Å². The number of anilines is 1. The summed E-state index contributed by atoms with van der Waals surface area (Å²) in [5, 5.41) is 9.14. The number of rotatable bonds is 4. The van der Waals surface area contributed by atoms with Gasteiger partial charge in [0.25, 0.3) is 5.91 Å². The van der Waals surface area contributed by atoms with Gasteiger partial charge in [0, 0.05) is 18.8 Å². The molecule has 1 atom stereocenters. The van der Waals surface area contributed by atoms with Gasteiger partial charge in [-0.05, 0) is 19.1 Å². The van der Waals surface area contributed by atoms with Crippen LogP contribution in [0.5, 0.6) is 5.75 Å². The smallest absolute Gasteiger partial charge is 0.259 e. The number of nitrogen functional groups attached to an aromatic ring is 1. The van der Waals surface area contributed by atoms with E-state index in [-0.39, 0.29) is 18.6 Å². The number of carbonyl (C=O) groups is 1. The molecule has 1 aromatic rings. The van der Waals surface area contributed by atoms with Crippen molar-refractivity contribution in [1.82, 2.24) is 4.90 Å². The number of aliphatic hydroxyl groups is 1. The molecule has 1 aromatic carbocycles. The lowest BCUT2D eigenvalue weighted by Gasteiger charge is -2.32. The zero-order valence-corrected chi connectivity index (χ0v) is 11.5. The summed E-state index contributed by atoms with van der Waals surface area (Å²) in [6.07, 6.45) is -0.340. The number of aliphatic hydroxyl groups excluding tert-OH is 1. The first-order valence-corrected chi connectivity index (χ1v) is 6.70. The van der Waals surface area contributed by atoms with E-state index >= 15 is 0 Å². The zero-order chi connectivity index (χ0) is 14.5. The van der Waals surface area contributed by atoms with Crippen molar-refractivity contribution in [2.24, 2.45) is 0 Å². The van der Waals surface area contributed by atoms with Gasteiger partial charge in [0.15, 0.2) is 0 Å². The molecule has 0 saturated carbocycles. The number of ether oxygens (including phenoxy) is 2. The second-order valence-electron chi connectivity index (χ2n) is 4.58. The van der Waals surface area contributed by atoms with Crippen LogP contribution in [-0.4, -0.2) is 54.9 Å². The van der Waals surface area contributed by atoms with Gasteiger partial charge in [0.05, 0.1) is 25.9 Å². The lowest BCUT2D eigenvalue weighted by atomic mass is 10.1. The maximum absolute atomic E-state index is 12.6. The molecule has 1 saturated heterocycles. The normalized spacial score (nSPS) is 18.9. The van der Waals surface area contributed by atoms with Gasteiger partial charge in [0.1, 0.15) is 11.3 Å². The van der Waals surface area contributed by atoms with Crippen LogP contribution in [0.15, 0.2) is 18.2 Å². The quantitative estimate of drug-likeness (QED) is 0.785. The van der Waals surface area contributed by atoms with E-state index in [0.717, 1.165) is 0 Å². The molecule has 1 aliphatic rings. The van der Waals surface area contributed by atoms with Crippen molar-refractivity contribution in [3.8, 4) is 5.75 Å². The highest BCUT2D eigenvalue weighted by Crippen LogP contribution is 2.26. The number of morpholine rings is 1. The minimum atomic E-state index is -0.340. The first-order valence-electron chi connectivity index (χ1n) is 6.70. The van der Waals surface area contributed by atoms with Crippen LogP contribution in [0.2, 0.25) is 0 Å². The van der Waals surface area contributed by atoms with Crippen molar-refractivity contribution < 1.29 is 19.4 Å². The Morgan fingerprint density at radius 3 is 3.10 bits per heavy atom. The van der Waals surface area contributed by atoms with Gasteiger partial charge in [-0.1, -0.05) is 6.07 Å². The van der Waals surface area contributed by atoms with E-state index in [2.05, 4.69) is 0 Å². The van der Waals surface area contributed by atoms with Crippen LogP contribution in [0.4, 0.5) is 5.69 Å². The number of hydrogen-bond acceptors (Lipinski definition) is 5. The van der Waals surface area contributed by atoms with Crippen molar-refractivity contribution in [1.29, 1.82) is 0 Å². The second-order valence-corrected chi connectivity index (χ2v) is 4.58. The Balaban J connectivity index is 2.24. The average Bonchev–Trinajstić information content (AvgIpc) is 2.47. The third-order valence-corrected chi connectivity index (χ3v) is 3.20. The maximum Gasteiger partial charge on any atom is 0.259 e. The summed E-state index contributed by atoms with van der Waals surface area (Å²) in [6.45, 7) is 3.46. The van der Waals surface area contributed by atoms with Gasteiger partial charge in [-0.3, -0.25) is 4.79 Å². The highest BCUT2D eigenvalue weighted by atomic mass is 16.5. The van der Waals surface area contributed by atoms with Crippen molar-refractivity contribution >= 4 is 11.6 Å². The molecule has 1 unspecified atom stereocenters. The molecule has 20 heavy (non-hydrogen) atoms. The molecule has 6 heteroatoms. The Bertz CT molecular complexity index is 478. The molecule has 0 aliphatic carbocycles. The highest BCUT2D eigenvalue weighted by molar-refractivity contribution is 6.02. The maximum atomic E-state index is 12.6. The number of nitrogens with zero attached hydrogens (tertiary/aromatic N) is 1. The first kappa shape index (κ1) is 14.6. The van der Waals surface area contributed by atoms with Crippen LogP contribution in [0.1, 0.15) is 17.3 Å². The summed E-state index contributed by atoms with van der Waals surface area (Å²) >= 11 is 0. The van der Waals surface area contributed by atoms with Crippen LogP contribution in [0.3, 0.4) is 0 Å². The molecule has 1 heterocycles. The summed E-state index contributed by atoms with van der Waals surface area (Å²) in [6, 6.07) is 5.17. The molecule has 1 aliphatic heterocycles. The van der Waals surface area contributed by atoms with E-state index < -0.39 is 0 Å². The van der Waals surface area contributed by atoms with Crippen LogP contribution >= 0.6 is 0 Å². The molecule has 0 aromatic heterocycles. The monoisotopic (exact) mass is 280 g/mol. The standard InChI is InChI=1S/C14H20N2O4/c1-2-19-12-5-3-4-11(15)13(12)14(18)16-6-7-20-10(8-16)9-17/h3-5,10,17H,2,6-9,15H2,1H3. The predicted octanol–water partition coefficient (Wildman–Crippen LogP) is 0.501. The third kappa shape index (κ3) is 3.02. The summed E-state index contributed by atoms with van der Waals surface area (Å²) in [7, 11) is 0. The number of amides is 1. The average molecular weight is 280 g/mol. The summed E-state index contributed by atoms with van der Waals surface area (Å²) < 4.78 is 10.8. The molecule has 110 valence electrons. The molecule has 0 spiro atoms. The fraction of sp³-hybridized carbons (Fsp3) is 0.500. The first-order chi connectivity index (χ1) is 9.67. The molecular formula is C14H20N2O4. The lowest BCUT2D eigenvalue weighted by molar-refractivity contribution is -0.0447. The fourth-order valence-electron chi connectivity index (χ4n) is 2.23. The van der Waals surface area contributed by atoms with Gasteiger partial charge in [-0.25, -0.2) is 0 Å². The Hall–Kier alpha value is -1.79. The van der Waals surface area contributed by atoms with E-state index in [1.165, 1.54) is 0 Å². The van der Waals surface area contributed by atoms with Crippen molar-refractivity contribution in [2.75, 3.05) is 38.6 Å². The van der Waals surface area contributed by atoms with Crippen molar-refractivity contribution in [3.63, 3.8) is 0 Å². The lowest BCUT2D eigenvalue weighted by Crippen LogP contribution is -2.47. The highest BCUT2D eigenvalue weighted by Gasteiger charge is 2.27. The van der Waals surface area contributed by atoms with E-state index in [1.807, 2.05) is 6.92 Å². The minimum absolute atomic E-state index is 0.105. The summed E-state index contributed by atoms with van der Waals surface area (Å²) in [4.78, 5) is 14.2. The second kappa shape index (κ2) is 6.58. The van der Waals surface area contributed by atoms with Gasteiger partial charge < -0.3 is 25.2 Å². The van der Waals surface area contributed by atoms with Crippen LogP contribution in [0, 0.1) is 0 Å². The van der Waals surface area contributed by atoms with Gasteiger partial charge >= 0.3 is 0 Å². The van der Waals surface area contributed by atoms with Gasteiger partial charge in [-0.2, -0.15) is 0 Å². The van der Waals surface area contributed by atoms with Gasteiger partial charge in [-0.15, -0.1) is 0 Å². The Morgan fingerprint density at radius 2 is 2.40 bits per heavy atom. The number of carbonyl (C=O) groups excluding carboxylic acids is 1. The molecule has 2 rings (SSSR count). The Kier molecular flexibility index (Phi) is 4.81. The predicted molar refractivity (Wildman–Crippen MR) is 74.8 cm³/mol. The molecule has 0 radical (unpaired) electrons. The molecule has 1 fully saturated rings. The number of benzene rings is 1.